The normalized spacial score (nSPS) is 13.5. The van der Waals surface area contributed by atoms with Gasteiger partial charge < -0.3 is 16.2 Å². The van der Waals surface area contributed by atoms with Crippen LogP contribution in [0.1, 0.15) is 25.5 Å². The minimum absolute atomic E-state index is 0.100. The molecule has 3 amide bonds. The first-order valence-corrected chi connectivity index (χ1v) is 5.63. The second kappa shape index (κ2) is 6.14. The molecule has 1 unspecified atom stereocenters. The Morgan fingerprint density at radius 2 is 2.00 bits per heavy atom. The van der Waals surface area contributed by atoms with Gasteiger partial charge in [0.2, 0.25) is 0 Å². The van der Waals surface area contributed by atoms with Crippen LogP contribution in [0.2, 0.25) is 0 Å². The molecule has 5 N–H and O–H groups in total. The molecule has 1 rings (SSSR count). The van der Waals surface area contributed by atoms with Crippen molar-refractivity contribution >= 4 is 11.9 Å². The van der Waals surface area contributed by atoms with Gasteiger partial charge in [-0.15, -0.1) is 0 Å². The summed E-state index contributed by atoms with van der Waals surface area (Å²) in [5.41, 5.74) is 11.0. The van der Waals surface area contributed by atoms with Crippen LogP contribution in [0.25, 0.3) is 0 Å². The molecule has 104 valence electrons. The molecule has 1 aromatic carbocycles. The predicted molar refractivity (Wildman–Crippen MR) is 66.8 cm³/mol. The number of benzene rings is 1. The van der Waals surface area contributed by atoms with Gasteiger partial charge in [-0.3, -0.25) is 10.1 Å². The highest BCUT2D eigenvalue weighted by atomic mass is 19.1. The highest BCUT2D eigenvalue weighted by molar-refractivity contribution is 5.95. The Balaban J connectivity index is 2.77. The fourth-order valence-corrected chi connectivity index (χ4v) is 1.36. The Morgan fingerprint density at radius 3 is 2.47 bits per heavy atom. The van der Waals surface area contributed by atoms with Crippen molar-refractivity contribution in [3.05, 3.63) is 29.6 Å². The standard InChI is InChI=1S/C12H16FN3O3/c1-6(14)8-3-4-10(9(13)5-8)19-7(2)11(17)16-12(15)18/h3-7H,14H2,1-2H3,(H3,15,16,17,18)/t6-,7?/m0/s1. The molecule has 0 saturated heterocycles. The minimum atomic E-state index is -1.05. The molecule has 0 aromatic heterocycles. The maximum atomic E-state index is 13.7. The van der Waals surface area contributed by atoms with E-state index in [-0.39, 0.29) is 11.8 Å². The minimum Gasteiger partial charge on any atom is -0.478 e. The number of carbonyl (C=O) groups is 2. The molecular formula is C12H16FN3O3. The van der Waals surface area contributed by atoms with Crippen molar-refractivity contribution < 1.29 is 18.7 Å². The lowest BCUT2D eigenvalue weighted by Crippen LogP contribution is -2.42. The Hall–Kier alpha value is -2.15. The van der Waals surface area contributed by atoms with Crippen LogP contribution in [-0.2, 0) is 4.79 Å². The van der Waals surface area contributed by atoms with Crippen molar-refractivity contribution in [2.75, 3.05) is 0 Å². The molecule has 0 aliphatic heterocycles. The summed E-state index contributed by atoms with van der Waals surface area (Å²) in [5.74, 6) is -1.48. The number of hydrogen-bond donors (Lipinski definition) is 3. The number of nitrogens with two attached hydrogens (primary N) is 2. The van der Waals surface area contributed by atoms with Crippen LogP contribution in [0.15, 0.2) is 18.2 Å². The summed E-state index contributed by atoms with van der Waals surface area (Å²) < 4.78 is 18.8. The monoisotopic (exact) mass is 269 g/mol. The molecule has 0 fully saturated rings. The van der Waals surface area contributed by atoms with E-state index in [0.717, 1.165) is 0 Å². The van der Waals surface area contributed by atoms with E-state index in [1.54, 1.807) is 13.0 Å². The largest absolute Gasteiger partial charge is 0.478 e. The van der Waals surface area contributed by atoms with Gasteiger partial charge in [-0.2, -0.15) is 0 Å². The molecule has 0 radical (unpaired) electrons. The number of ether oxygens (including phenoxy) is 1. The van der Waals surface area contributed by atoms with Gasteiger partial charge in [0, 0.05) is 6.04 Å². The van der Waals surface area contributed by atoms with Gasteiger partial charge in [0.25, 0.3) is 5.91 Å². The van der Waals surface area contributed by atoms with Gasteiger partial charge in [-0.25, -0.2) is 9.18 Å². The van der Waals surface area contributed by atoms with Crippen molar-refractivity contribution in [2.24, 2.45) is 11.5 Å². The highest BCUT2D eigenvalue weighted by Crippen LogP contribution is 2.22. The van der Waals surface area contributed by atoms with Crippen LogP contribution < -0.4 is 21.5 Å². The van der Waals surface area contributed by atoms with Crippen molar-refractivity contribution in [1.29, 1.82) is 0 Å². The van der Waals surface area contributed by atoms with E-state index in [2.05, 4.69) is 0 Å². The molecule has 2 atom stereocenters. The number of primary amides is 1. The van der Waals surface area contributed by atoms with Crippen LogP contribution in [0.3, 0.4) is 0 Å². The molecule has 0 bridgehead atoms. The summed E-state index contributed by atoms with van der Waals surface area (Å²) in [6.45, 7) is 3.09. The smallest absolute Gasteiger partial charge is 0.318 e. The van der Waals surface area contributed by atoms with E-state index < -0.39 is 23.9 Å². The first kappa shape index (κ1) is 14.9. The Morgan fingerprint density at radius 1 is 1.37 bits per heavy atom. The number of nitrogens with one attached hydrogen (secondary N) is 1. The quantitative estimate of drug-likeness (QED) is 0.751. The maximum absolute atomic E-state index is 13.7. The third-order valence-electron chi connectivity index (χ3n) is 2.40. The first-order valence-electron chi connectivity index (χ1n) is 5.63. The number of amides is 3. The van der Waals surface area contributed by atoms with Gasteiger partial charge in [-0.1, -0.05) is 6.07 Å². The van der Waals surface area contributed by atoms with Crippen molar-refractivity contribution in [1.82, 2.24) is 5.32 Å². The molecule has 0 heterocycles. The predicted octanol–water partition coefficient (Wildman–Crippen LogP) is 0.808. The lowest BCUT2D eigenvalue weighted by atomic mass is 10.1. The van der Waals surface area contributed by atoms with Crippen LogP contribution in [0.5, 0.6) is 5.75 Å². The molecule has 0 aliphatic rings. The number of halogens is 1. The van der Waals surface area contributed by atoms with Gasteiger partial charge in [0.15, 0.2) is 17.7 Å². The fraction of sp³-hybridized carbons (Fsp3) is 0.333. The maximum Gasteiger partial charge on any atom is 0.318 e. The zero-order valence-electron chi connectivity index (χ0n) is 10.6. The molecule has 1 aromatic rings. The topological polar surface area (TPSA) is 107 Å². The van der Waals surface area contributed by atoms with Crippen molar-refractivity contribution in [3.8, 4) is 5.75 Å². The lowest BCUT2D eigenvalue weighted by Gasteiger charge is -2.15. The summed E-state index contributed by atoms with van der Waals surface area (Å²) in [6, 6.07) is 2.91. The molecule has 7 heteroatoms. The number of hydrogen-bond acceptors (Lipinski definition) is 4. The third kappa shape index (κ3) is 4.22. The second-order valence-electron chi connectivity index (χ2n) is 4.09. The van der Waals surface area contributed by atoms with E-state index in [0.29, 0.717) is 5.56 Å². The summed E-state index contributed by atoms with van der Waals surface area (Å²) in [7, 11) is 0. The average molecular weight is 269 g/mol. The summed E-state index contributed by atoms with van der Waals surface area (Å²) >= 11 is 0. The summed E-state index contributed by atoms with van der Waals surface area (Å²) in [4.78, 5) is 21.9. The number of urea groups is 1. The van der Waals surface area contributed by atoms with E-state index in [1.165, 1.54) is 19.1 Å². The van der Waals surface area contributed by atoms with Crippen molar-refractivity contribution in [2.45, 2.75) is 26.0 Å². The molecule has 0 aliphatic carbocycles. The number of imide groups is 1. The summed E-state index contributed by atoms with van der Waals surface area (Å²) in [5, 5.41) is 1.84. The molecule has 6 nitrogen and oxygen atoms in total. The SMILES string of the molecule is CC(Oc1ccc([C@H](C)N)cc1F)C(=O)NC(N)=O. The first-order chi connectivity index (χ1) is 8.81. The van der Waals surface area contributed by atoms with Crippen LogP contribution >= 0.6 is 0 Å². The lowest BCUT2D eigenvalue weighted by molar-refractivity contribution is -0.126. The summed E-state index contributed by atoms with van der Waals surface area (Å²) in [6.07, 6.45) is -1.05. The van der Waals surface area contributed by atoms with Gasteiger partial charge >= 0.3 is 6.03 Å². The van der Waals surface area contributed by atoms with E-state index >= 15 is 0 Å². The zero-order chi connectivity index (χ0) is 14.6. The highest BCUT2D eigenvalue weighted by Gasteiger charge is 2.18. The average Bonchev–Trinajstić information content (AvgIpc) is 2.30. The number of carbonyl (C=O) groups excluding carboxylic acids is 2. The second-order valence-corrected chi connectivity index (χ2v) is 4.09. The van der Waals surface area contributed by atoms with E-state index in [1.807, 2.05) is 5.32 Å². The van der Waals surface area contributed by atoms with E-state index in [4.69, 9.17) is 16.2 Å². The molecular weight excluding hydrogens is 253 g/mol. The molecule has 0 saturated carbocycles. The fourth-order valence-electron chi connectivity index (χ4n) is 1.36. The van der Waals surface area contributed by atoms with Gasteiger partial charge in [-0.05, 0) is 31.5 Å². The molecule has 19 heavy (non-hydrogen) atoms. The zero-order valence-corrected chi connectivity index (χ0v) is 10.6. The number of rotatable bonds is 4. The van der Waals surface area contributed by atoms with Crippen LogP contribution in [0.4, 0.5) is 9.18 Å². The van der Waals surface area contributed by atoms with Crippen molar-refractivity contribution in [3.63, 3.8) is 0 Å². The van der Waals surface area contributed by atoms with E-state index in [9.17, 15) is 14.0 Å². The van der Waals surface area contributed by atoms with Gasteiger partial charge in [0.05, 0.1) is 0 Å². The Kier molecular flexibility index (Phi) is 4.82. The van der Waals surface area contributed by atoms with Gasteiger partial charge in [0.1, 0.15) is 0 Å². The third-order valence-corrected chi connectivity index (χ3v) is 2.40. The Labute approximate surface area is 109 Å². The van der Waals surface area contributed by atoms with Crippen LogP contribution in [-0.4, -0.2) is 18.0 Å². The Bertz CT molecular complexity index is 491. The van der Waals surface area contributed by atoms with Crippen LogP contribution in [0, 0.1) is 5.82 Å². The molecule has 0 spiro atoms.